The van der Waals surface area contributed by atoms with Gasteiger partial charge in [0.15, 0.2) is 0 Å². The molecule has 6 heteroatoms. The summed E-state index contributed by atoms with van der Waals surface area (Å²) in [5.74, 6) is -0.530. The van der Waals surface area contributed by atoms with Crippen LogP contribution in [0.1, 0.15) is 0 Å². The monoisotopic (exact) mass is 195 g/mol. The van der Waals surface area contributed by atoms with E-state index < -0.39 is 12.2 Å². The average molecular weight is 195 g/mol. The second kappa shape index (κ2) is 3.61. The lowest BCUT2D eigenvalue weighted by molar-refractivity contribution is -0.311. The second-order valence-electron chi connectivity index (χ2n) is 2.16. The van der Waals surface area contributed by atoms with Gasteiger partial charge in [-0.15, -0.1) is 13.2 Å². The predicted octanol–water partition coefficient (Wildman–Crippen LogP) is 2.69. The number of anilines is 1. The van der Waals surface area contributed by atoms with Gasteiger partial charge in [-0.2, -0.15) is 4.84 Å². The molecule has 0 spiro atoms. The quantitative estimate of drug-likeness (QED) is 0.578. The Hall–Kier alpha value is -1.30. The highest BCUT2D eigenvalue weighted by molar-refractivity contribution is 5.40. The molecule has 0 atom stereocenters. The molecule has 1 N–H and O–H groups in total. The summed E-state index contributed by atoms with van der Waals surface area (Å²) in [4.78, 5) is 3.28. The minimum absolute atomic E-state index is 0.0266. The average Bonchev–Trinajstić information content (AvgIpc) is 2.02. The molecule has 0 saturated heterocycles. The van der Waals surface area contributed by atoms with Gasteiger partial charge in [0.2, 0.25) is 0 Å². The molecule has 0 radical (unpaired) electrons. The van der Waals surface area contributed by atoms with Crippen LogP contribution in [0.25, 0.3) is 0 Å². The van der Waals surface area contributed by atoms with Crippen LogP contribution in [0.2, 0.25) is 0 Å². The Bertz CT molecular complexity index is 269. The van der Waals surface area contributed by atoms with Crippen molar-refractivity contribution in [1.82, 2.24) is 0 Å². The van der Waals surface area contributed by atoms with E-state index in [0.717, 1.165) is 24.3 Å². The molecule has 1 rings (SSSR count). The topological polar surface area (TPSA) is 21.3 Å². The molecular formula is C7H5F4NO. The number of halogens is 4. The number of hydrogen-bond acceptors (Lipinski definition) is 2. The molecule has 0 fully saturated rings. The molecule has 1 aromatic carbocycles. The lowest BCUT2D eigenvalue weighted by atomic mass is 10.3. The molecule has 1 aromatic rings. The molecule has 0 unspecified atom stereocenters. The van der Waals surface area contributed by atoms with Crippen LogP contribution in [0.4, 0.5) is 23.2 Å². The number of alkyl halides is 3. The SMILES string of the molecule is Fc1ccc(NOC(F)(F)F)cc1. The summed E-state index contributed by atoms with van der Waals surface area (Å²) in [5, 5.41) is 0. The molecule has 0 aromatic heterocycles. The molecule has 0 aliphatic rings. The first kappa shape index (κ1) is 9.79. The van der Waals surface area contributed by atoms with Crippen molar-refractivity contribution in [2.24, 2.45) is 0 Å². The standard InChI is InChI=1S/C7H5F4NO/c8-5-1-3-6(4-2-5)12-13-7(9,10)11/h1-4,12H. The molecule has 0 saturated carbocycles. The highest BCUT2D eigenvalue weighted by Crippen LogP contribution is 2.18. The molecule has 0 aliphatic carbocycles. The Labute approximate surface area is 71.1 Å². The van der Waals surface area contributed by atoms with Gasteiger partial charge in [-0.1, -0.05) is 0 Å². The van der Waals surface area contributed by atoms with E-state index in [4.69, 9.17) is 0 Å². The molecule has 13 heavy (non-hydrogen) atoms. The van der Waals surface area contributed by atoms with Crippen LogP contribution < -0.4 is 5.48 Å². The molecular weight excluding hydrogens is 190 g/mol. The molecule has 0 amide bonds. The van der Waals surface area contributed by atoms with E-state index in [1.807, 2.05) is 0 Å². The minimum Gasteiger partial charge on any atom is -0.258 e. The maximum atomic E-state index is 12.3. The van der Waals surface area contributed by atoms with Crippen molar-refractivity contribution in [2.75, 3.05) is 5.48 Å². The van der Waals surface area contributed by atoms with Gasteiger partial charge >= 0.3 is 6.36 Å². The Morgan fingerprint density at radius 1 is 1.08 bits per heavy atom. The van der Waals surface area contributed by atoms with Crippen LogP contribution in [0, 0.1) is 5.82 Å². The van der Waals surface area contributed by atoms with Crippen molar-refractivity contribution < 1.29 is 22.4 Å². The summed E-state index contributed by atoms with van der Waals surface area (Å²) in [6, 6.07) is 4.28. The van der Waals surface area contributed by atoms with Crippen LogP contribution in [0.5, 0.6) is 0 Å². The summed E-state index contributed by atoms with van der Waals surface area (Å²) in [6.07, 6.45) is -4.76. The molecule has 72 valence electrons. The largest absolute Gasteiger partial charge is 0.543 e. The van der Waals surface area contributed by atoms with Gasteiger partial charge in [0, 0.05) is 0 Å². The number of nitrogens with one attached hydrogen (secondary N) is 1. The van der Waals surface area contributed by atoms with Gasteiger partial charge in [0.05, 0.1) is 5.69 Å². The maximum Gasteiger partial charge on any atom is 0.543 e. The first-order valence-electron chi connectivity index (χ1n) is 3.24. The number of rotatable bonds is 2. The maximum absolute atomic E-state index is 12.3. The second-order valence-corrected chi connectivity index (χ2v) is 2.16. The third-order valence-corrected chi connectivity index (χ3v) is 1.13. The Morgan fingerprint density at radius 2 is 1.62 bits per heavy atom. The smallest absolute Gasteiger partial charge is 0.258 e. The summed E-state index contributed by atoms with van der Waals surface area (Å²) in [5.41, 5.74) is 1.65. The van der Waals surface area contributed by atoms with Crippen molar-refractivity contribution in [1.29, 1.82) is 0 Å². The van der Waals surface area contributed by atoms with Gasteiger partial charge in [-0.05, 0) is 24.3 Å². The Morgan fingerprint density at radius 3 is 2.08 bits per heavy atom. The molecule has 2 nitrogen and oxygen atoms in total. The first-order chi connectivity index (χ1) is 5.97. The van der Waals surface area contributed by atoms with E-state index in [1.54, 1.807) is 5.48 Å². The van der Waals surface area contributed by atoms with Gasteiger partial charge in [-0.3, -0.25) is 5.48 Å². The highest BCUT2D eigenvalue weighted by Gasteiger charge is 2.30. The van der Waals surface area contributed by atoms with Gasteiger partial charge in [-0.25, -0.2) is 4.39 Å². The zero-order valence-electron chi connectivity index (χ0n) is 6.23. The van der Waals surface area contributed by atoms with Crippen LogP contribution in [0.15, 0.2) is 24.3 Å². The van der Waals surface area contributed by atoms with Crippen LogP contribution in [-0.2, 0) is 4.84 Å². The zero-order valence-corrected chi connectivity index (χ0v) is 6.23. The fraction of sp³-hybridized carbons (Fsp3) is 0.143. The van der Waals surface area contributed by atoms with E-state index in [2.05, 4.69) is 4.84 Å². The van der Waals surface area contributed by atoms with Crippen LogP contribution >= 0.6 is 0 Å². The van der Waals surface area contributed by atoms with Gasteiger partial charge in [0.25, 0.3) is 0 Å². The zero-order chi connectivity index (χ0) is 9.90. The Kier molecular flexibility index (Phi) is 2.72. The summed E-state index contributed by atoms with van der Waals surface area (Å²) < 4.78 is 46.7. The summed E-state index contributed by atoms with van der Waals surface area (Å²) in [6.45, 7) is 0. The van der Waals surface area contributed by atoms with Crippen LogP contribution in [-0.4, -0.2) is 6.36 Å². The lowest BCUT2D eigenvalue weighted by Crippen LogP contribution is -2.17. The van der Waals surface area contributed by atoms with E-state index >= 15 is 0 Å². The van der Waals surface area contributed by atoms with Gasteiger partial charge < -0.3 is 0 Å². The summed E-state index contributed by atoms with van der Waals surface area (Å²) >= 11 is 0. The normalized spacial score (nSPS) is 11.4. The van der Waals surface area contributed by atoms with Crippen molar-refractivity contribution in [3.8, 4) is 0 Å². The third-order valence-electron chi connectivity index (χ3n) is 1.13. The molecule has 0 aliphatic heterocycles. The first-order valence-corrected chi connectivity index (χ1v) is 3.24. The van der Waals surface area contributed by atoms with Crippen molar-refractivity contribution in [3.63, 3.8) is 0 Å². The van der Waals surface area contributed by atoms with E-state index in [9.17, 15) is 17.6 Å². The Balaban J connectivity index is 2.51. The molecule has 0 heterocycles. The predicted molar refractivity (Wildman–Crippen MR) is 37.2 cm³/mol. The number of benzene rings is 1. The van der Waals surface area contributed by atoms with Crippen LogP contribution in [0.3, 0.4) is 0 Å². The van der Waals surface area contributed by atoms with Crippen molar-refractivity contribution in [3.05, 3.63) is 30.1 Å². The van der Waals surface area contributed by atoms with E-state index in [0.29, 0.717) is 0 Å². The van der Waals surface area contributed by atoms with Gasteiger partial charge in [0.1, 0.15) is 5.82 Å². The minimum atomic E-state index is -4.76. The fourth-order valence-electron chi connectivity index (χ4n) is 0.635. The van der Waals surface area contributed by atoms with E-state index in [-0.39, 0.29) is 5.69 Å². The fourth-order valence-corrected chi connectivity index (χ4v) is 0.635. The lowest BCUT2D eigenvalue weighted by Gasteiger charge is -2.08. The number of hydrogen-bond donors (Lipinski definition) is 1. The highest BCUT2D eigenvalue weighted by atomic mass is 19.4. The molecule has 0 bridgehead atoms. The van der Waals surface area contributed by atoms with E-state index in [1.165, 1.54) is 0 Å². The summed E-state index contributed by atoms with van der Waals surface area (Å²) in [7, 11) is 0. The third kappa shape index (κ3) is 3.75. The van der Waals surface area contributed by atoms with Crippen molar-refractivity contribution >= 4 is 5.69 Å². The van der Waals surface area contributed by atoms with Crippen molar-refractivity contribution in [2.45, 2.75) is 6.36 Å².